The summed E-state index contributed by atoms with van der Waals surface area (Å²) in [6, 6.07) is 15.1. The minimum Gasteiger partial charge on any atom is -0.493 e. The highest BCUT2D eigenvalue weighted by Crippen LogP contribution is 2.38. The molecule has 0 aromatic heterocycles. The van der Waals surface area contributed by atoms with E-state index in [1.54, 1.807) is 14.2 Å². The molecule has 116 valence electrons. The van der Waals surface area contributed by atoms with Crippen molar-refractivity contribution in [2.24, 2.45) is 0 Å². The Labute approximate surface area is 132 Å². The van der Waals surface area contributed by atoms with Gasteiger partial charge in [0.25, 0.3) is 0 Å². The van der Waals surface area contributed by atoms with Gasteiger partial charge in [-0.15, -0.1) is 0 Å². The Balaban J connectivity index is 1.90. The first-order valence-corrected chi connectivity index (χ1v) is 7.82. The smallest absolute Gasteiger partial charge is 0.161 e. The number of nitrogens with zero attached hydrogens (tertiary/aromatic N) is 1. The number of quaternary nitrogens is 1. The molecule has 1 aliphatic rings. The number of hydrogen-bond donors (Lipinski definition) is 0. The van der Waals surface area contributed by atoms with Crippen molar-refractivity contribution in [3.63, 3.8) is 0 Å². The molecule has 1 aliphatic heterocycles. The van der Waals surface area contributed by atoms with Crippen LogP contribution in [-0.2, 0) is 19.6 Å². The molecule has 0 fully saturated rings. The summed E-state index contributed by atoms with van der Waals surface area (Å²) in [5, 5.41) is 0. The molecule has 22 heavy (non-hydrogen) atoms. The number of hydrogen-bond acceptors (Lipinski definition) is 2. The SMILES string of the molecule is CC[N+]1(Cc2ccccc2)Cc2cc(OC)c(OC)cc2C1. The highest BCUT2D eigenvalue weighted by atomic mass is 16.5. The predicted molar refractivity (Wildman–Crippen MR) is 87.9 cm³/mol. The first kappa shape index (κ1) is 14.9. The van der Waals surface area contributed by atoms with Gasteiger partial charge in [-0.25, -0.2) is 0 Å². The van der Waals surface area contributed by atoms with E-state index in [-0.39, 0.29) is 0 Å². The Hall–Kier alpha value is -2.00. The van der Waals surface area contributed by atoms with Gasteiger partial charge in [0, 0.05) is 16.7 Å². The topological polar surface area (TPSA) is 18.5 Å². The zero-order valence-corrected chi connectivity index (χ0v) is 13.6. The fourth-order valence-corrected chi connectivity index (χ4v) is 3.45. The van der Waals surface area contributed by atoms with Crippen molar-refractivity contribution in [2.45, 2.75) is 26.6 Å². The zero-order chi connectivity index (χ0) is 15.6. The van der Waals surface area contributed by atoms with Crippen LogP contribution < -0.4 is 9.47 Å². The fourth-order valence-electron chi connectivity index (χ4n) is 3.45. The number of methoxy groups -OCH3 is 2. The summed E-state index contributed by atoms with van der Waals surface area (Å²) >= 11 is 0. The number of ether oxygens (including phenoxy) is 2. The summed E-state index contributed by atoms with van der Waals surface area (Å²) in [6.07, 6.45) is 0. The maximum atomic E-state index is 5.45. The van der Waals surface area contributed by atoms with Crippen LogP contribution in [0.15, 0.2) is 42.5 Å². The summed E-state index contributed by atoms with van der Waals surface area (Å²) in [4.78, 5) is 0. The third kappa shape index (κ3) is 2.69. The van der Waals surface area contributed by atoms with Gasteiger partial charge in [0.05, 0.1) is 20.8 Å². The molecule has 0 bridgehead atoms. The van der Waals surface area contributed by atoms with Crippen LogP contribution in [0.3, 0.4) is 0 Å². The van der Waals surface area contributed by atoms with E-state index >= 15 is 0 Å². The largest absolute Gasteiger partial charge is 0.493 e. The van der Waals surface area contributed by atoms with Gasteiger partial charge in [-0.05, 0) is 19.1 Å². The molecule has 0 spiro atoms. The average molecular weight is 298 g/mol. The third-order valence-corrected chi connectivity index (χ3v) is 4.75. The van der Waals surface area contributed by atoms with Crippen molar-refractivity contribution in [1.82, 2.24) is 0 Å². The van der Waals surface area contributed by atoms with E-state index in [1.807, 2.05) is 0 Å². The molecule has 0 aliphatic carbocycles. The highest BCUT2D eigenvalue weighted by Gasteiger charge is 2.35. The Bertz CT molecular complexity index is 619. The summed E-state index contributed by atoms with van der Waals surface area (Å²) in [5.41, 5.74) is 4.17. The van der Waals surface area contributed by atoms with Gasteiger partial charge < -0.3 is 14.0 Å². The second kappa shape index (κ2) is 6.01. The lowest BCUT2D eigenvalue weighted by atomic mass is 10.1. The minimum atomic E-state index is 0.831. The van der Waals surface area contributed by atoms with Crippen LogP contribution in [-0.4, -0.2) is 25.2 Å². The number of rotatable bonds is 5. The van der Waals surface area contributed by atoms with Crippen LogP contribution in [0.2, 0.25) is 0 Å². The first-order chi connectivity index (χ1) is 10.7. The van der Waals surface area contributed by atoms with Crippen molar-refractivity contribution in [1.29, 1.82) is 0 Å². The molecular weight excluding hydrogens is 274 g/mol. The Kier molecular flexibility index (Phi) is 4.08. The summed E-state index contributed by atoms with van der Waals surface area (Å²) < 4.78 is 12.0. The van der Waals surface area contributed by atoms with E-state index in [4.69, 9.17) is 9.47 Å². The summed E-state index contributed by atoms with van der Waals surface area (Å²) in [7, 11) is 3.40. The van der Waals surface area contributed by atoms with E-state index < -0.39 is 0 Å². The van der Waals surface area contributed by atoms with Gasteiger partial charge in [-0.2, -0.15) is 0 Å². The van der Waals surface area contributed by atoms with E-state index in [1.165, 1.54) is 16.7 Å². The van der Waals surface area contributed by atoms with Gasteiger partial charge in [-0.3, -0.25) is 0 Å². The van der Waals surface area contributed by atoms with E-state index in [2.05, 4.69) is 49.4 Å². The van der Waals surface area contributed by atoms with Gasteiger partial charge in [0.2, 0.25) is 0 Å². The van der Waals surface area contributed by atoms with Gasteiger partial charge in [-0.1, -0.05) is 30.3 Å². The fraction of sp³-hybridized carbons (Fsp3) is 0.368. The molecule has 3 heteroatoms. The maximum Gasteiger partial charge on any atom is 0.161 e. The van der Waals surface area contributed by atoms with Crippen LogP contribution in [0, 0.1) is 0 Å². The first-order valence-electron chi connectivity index (χ1n) is 7.82. The van der Waals surface area contributed by atoms with Gasteiger partial charge in [0.15, 0.2) is 11.5 Å². The predicted octanol–water partition coefficient (Wildman–Crippen LogP) is 3.75. The quantitative estimate of drug-likeness (QED) is 0.783. The zero-order valence-electron chi connectivity index (χ0n) is 13.6. The van der Waals surface area contributed by atoms with Crippen molar-refractivity contribution < 1.29 is 14.0 Å². The van der Waals surface area contributed by atoms with Gasteiger partial charge in [0.1, 0.15) is 19.6 Å². The van der Waals surface area contributed by atoms with Gasteiger partial charge >= 0.3 is 0 Å². The second-order valence-electron chi connectivity index (χ2n) is 6.09. The molecule has 3 rings (SSSR count). The molecule has 2 aromatic carbocycles. The molecule has 0 saturated heterocycles. The Morgan fingerprint density at radius 3 is 1.91 bits per heavy atom. The van der Waals surface area contributed by atoms with Crippen LogP contribution in [0.25, 0.3) is 0 Å². The van der Waals surface area contributed by atoms with Crippen LogP contribution >= 0.6 is 0 Å². The lowest BCUT2D eigenvalue weighted by Gasteiger charge is -2.33. The molecule has 0 atom stereocenters. The minimum absolute atomic E-state index is 0.831. The van der Waals surface area contributed by atoms with Crippen molar-refractivity contribution in [3.8, 4) is 11.5 Å². The molecule has 0 saturated carbocycles. The van der Waals surface area contributed by atoms with Crippen LogP contribution in [0.1, 0.15) is 23.6 Å². The lowest BCUT2D eigenvalue weighted by Crippen LogP contribution is -2.41. The Morgan fingerprint density at radius 1 is 0.909 bits per heavy atom. The average Bonchev–Trinajstić information content (AvgIpc) is 2.91. The van der Waals surface area contributed by atoms with Crippen molar-refractivity contribution in [2.75, 3.05) is 20.8 Å². The molecule has 0 unspecified atom stereocenters. The number of benzene rings is 2. The second-order valence-corrected chi connectivity index (χ2v) is 6.09. The standard InChI is InChI=1S/C19H24NO2/c1-4-20(12-15-8-6-5-7-9-15)13-16-10-18(21-2)19(22-3)11-17(16)14-20/h5-11H,4,12-14H2,1-3H3/q+1. The summed E-state index contributed by atoms with van der Waals surface area (Å²) in [6.45, 7) is 6.58. The molecule has 2 aromatic rings. The molecule has 0 N–H and O–H groups in total. The van der Waals surface area contributed by atoms with Crippen LogP contribution in [0.4, 0.5) is 0 Å². The maximum absolute atomic E-state index is 5.45. The van der Waals surface area contributed by atoms with Crippen molar-refractivity contribution >= 4 is 0 Å². The molecule has 1 heterocycles. The lowest BCUT2D eigenvalue weighted by molar-refractivity contribution is -0.958. The molecular formula is C19H24NO2+. The highest BCUT2D eigenvalue weighted by molar-refractivity contribution is 5.48. The Morgan fingerprint density at radius 2 is 1.45 bits per heavy atom. The van der Waals surface area contributed by atoms with E-state index in [0.29, 0.717) is 0 Å². The van der Waals surface area contributed by atoms with E-state index in [0.717, 1.165) is 42.2 Å². The third-order valence-electron chi connectivity index (χ3n) is 4.75. The van der Waals surface area contributed by atoms with Crippen LogP contribution in [0.5, 0.6) is 11.5 Å². The van der Waals surface area contributed by atoms with E-state index in [9.17, 15) is 0 Å². The van der Waals surface area contributed by atoms with Crippen molar-refractivity contribution in [3.05, 3.63) is 59.2 Å². The molecule has 0 radical (unpaired) electrons. The molecule has 3 nitrogen and oxygen atoms in total. The number of fused-ring (bicyclic) bond motifs is 1. The summed E-state index contributed by atoms with van der Waals surface area (Å²) in [5.74, 6) is 1.66. The monoisotopic (exact) mass is 298 g/mol. The molecule has 0 amide bonds. The normalized spacial score (nSPS) is 15.4.